The van der Waals surface area contributed by atoms with E-state index in [9.17, 15) is 4.79 Å². The maximum Gasteiger partial charge on any atom is 0.157 e. The van der Waals surface area contributed by atoms with Gasteiger partial charge in [-0.15, -0.1) is 0 Å². The summed E-state index contributed by atoms with van der Waals surface area (Å²) in [4.78, 5) is 13.4. The summed E-state index contributed by atoms with van der Waals surface area (Å²) in [7, 11) is 0. The predicted octanol–water partition coefficient (Wildman–Crippen LogP) is 4.04. The molecule has 2 nitrogen and oxygen atoms in total. The van der Waals surface area contributed by atoms with Crippen LogP contribution in [-0.2, 0) is 4.79 Å². The van der Waals surface area contributed by atoms with Crippen LogP contribution in [0.3, 0.4) is 0 Å². The van der Waals surface area contributed by atoms with E-state index in [4.69, 9.17) is 0 Å². The van der Waals surface area contributed by atoms with Crippen molar-refractivity contribution in [2.75, 3.05) is 6.54 Å². The Morgan fingerprint density at radius 3 is 2.65 bits per heavy atom. The topological polar surface area (TPSA) is 20.3 Å². The molecule has 0 spiro atoms. The lowest BCUT2D eigenvalue weighted by Gasteiger charge is -2.20. The Bertz CT molecular complexity index is 291. The first kappa shape index (κ1) is 14.0. The summed E-state index contributed by atoms with van der Waals surface area (Å²) in [5, 5.41) is 0. The molecule has 1 heterocycles. The molecule has 0 fully saturated rings. The third-order valence-electron chi connectivity index (χ3n) is 3.18. The molecule has 0 bridgehead atoms. The van der Waals surface area contributed by atoms with Gasteiger partial charge in [0, 0.05) is 18.3 Å². The van der Waals surface area contributed by atoms with Gasteiger partial charge < -0.3 is 4.90 Å². The number of unbranched alkanes of at least 4 members (excludes halogenated alkanes) is 5. The summed E-state index contributed by atoms with van der Waals surface area (Å²) in [6.45, 7) is 4.93. The molecule has 0 N–H and O–H groups in total. The first-order valence-electron chi connectivity index (χ1n) is 6.88. The molecular weight excluding hydrogens is 210 g/mol. The van der Waals surface area contributed by atoms with E-state index < -0.39 is 0 Å². The summed E-state index contributed by atoms with van der Waals surface area (Å²) in [5.74, 6) is 0.197. The second kappa shape index (κ2) is 8.10. The minimum Gasteiger partial charge on any atom is -0.354 e. The molecule has 0 atom stereocenters. The van der Waals surface area contributed by atoms with Gasteiger partial charge in [-0.1, -0.05) is 45.1 Å². The smallest absolute Gasteiger partial charge is 0.157 e. The Balaban J connectivity index is 2.16. The number of hydrogen-bond donors (Lipinski definition) is 0. The lowest BCUT2D eigenvalue weighted by molar-refractivity contribution is -0.113. The first-order valence-corrected chi connectivity index (χ1v) is 6.88. The van der Waals surface area contributed by atoms with E-state index in [1.54, 1.807) is 6.92 Å². The maximum absolute atomic E-state index is 11.3. The van der Waals surface area contributed by atoms with Gasteiger partial charge in [-0.2, -0.15) is 0 Å². The van der Waals surface area contributed by atoms with Gasteiger partial charge in [0.25, 0.3) is 0 Å². The average molecular weight is 235 g/mol. The Kier molecular flexibility index (Phi) is 6.68. The van der Waals surface area contributed by atoms with Crippen molar-refractivity contribution in [3.05, 3.63) is 24.0 Å². The van der Waals surface area contributed by atoms with Crippen LogP contribution in [0.1, 0.15) is 58.8 Å². The number of carbonyl (C=O) groups is 1. The van der Waals surface area contributed by atoms with Crippen LogP contribution in [0.25, 0.3) is 0 Å². The molecule has 1 rings (SSSR count). The number of nitrogens with zero attached hydrogens (tertiary/aromatic N) is 1. The molecule has 0 radical (unpaired) electrons. The van der Waals surface area contributed by atoms with Gasteiger partial charge in [0.1, 0.15) is 0 Å². The molecule has 1 aliphatic heterocycles. The van der Waals surface area contributed by atoms with Gasteiger partial charge in [0.2, 0.25) is 0 Å². The molecule has 96 valence electrons. The minimum atomic E-state index is 0.197. The molecule has 0 aromatic carbocycles. The Morgan fingerprint density at radius 1 is 1.24 bits per heavy atom. The van der Waals surface area contributed by atoms with Crippen molar-refractivity contribution in [3.63, 3.8) is 0 Å². The molecule has 1 aliphatic rings. The number of carbonyl (C=O) groups excluding carboxylic acids is 1. The predicted molar refractivity (Wildman–Crippen MR) is 72.6 cm³/mol. The van der Waals surface area contributed by atoms with Crippen LogP contribution in [0, 0.1) is 0 Å². The molecule has 0 saturated carbocycles. The van der Waals surface area contributed by atoms with Crippen molar-refractivity contribution in [1.29, 1.82) is 0 Å². The van der Waals surface area contributed by atoms with Gasteiger partial charge in [0.05, 0.1) is 0 Å². The molecule has 0 aromatic rings. The maximum atomic E-state index is 11.3. The van der Waals surface area contributed by atoms with Gasteiger partial charge in [0.15, 0.2) is 5.78 Å². The molecule has 0 aliphatic carbocycles. The average Bonchev–Trinajstić information content (AvgIpc) is 2.34. The number of ketones is 1. The summed E-state index contributed by atoms with van der Waals surface area (Å²) in [5.41, 5.74) is 0.929. The van der Waals surface area contributed by atoms with E-state index >= 15 is 0 Å². The zero-order chi connectivity index (χ0) is 12.5. The van der Waals surface area contributed by atoms with Crippen LogP contribution in [0.5, 0.6) is 0 Å². The molecular formula is C15H25NO. The van der Waals surface area contributed by atoms with Gasteiger partial charge in [-0.25, -0.2) is 0 Å². The summed E-state index contributed by atoms with van der Waals surface area (Å²) in [6.07, 6.45) is 14.9. The number of rotatable bonds is 8. The third-order valence-corrected chi connectivity index (χ3v) is 3.18. The van der Waals surface area contributed by atoms with Crippen molar-refractivity contribution in [3.8, 4) is 0 Å². The SMILES string of the molecule is CCCCCCCCN1C=CCC(C(C)=O)=C1. The van der Waals surface area contributed by atoms with E-state index in [0.29, 0.717) is 0 Å². The van der Waals surface area contributed by atoms with E-state index in [1.807, 2.05) is 6.20 Å². The van der Waals surface area contributed by atoms with E-state index in [2.05, 4.69) is 24.1 Å². The fraction of sp³-hybridized carbons (Fsp3) is 0.667. The Morgan fingerprint density at radius 2 is 1.94 bits per heavy atom. The highest BCUT2D eigenvalue weighted by Crippen LogP contribution is 2.14. The van der Waals surface area contributed by atoms with Crippen LogP contribution in [0.15, 0.2) is 24.0 Å². The fourth-order valence-corrected chi connectivity index (χ4v) is 2.06. The standard InChI is InChI=1S/C15H25NO/c1-3-4-5-6-7-8-11-16-12-9-10-15(13-16)14(2)17/h9,12-13H,3-8,10-11H2,1-2H3. The van der Waals surface area contributed by atoms with Crippen LogP contribution < -0.4 is 0 Å². The second-order valence-corrected chi connectivity index (χ2v) is 4.81. The third kappa shape index (κ3) is 5.71. The Hall–Kier alpha value is -1.05. The lowest BCUT2D eigenvalue weighted by Crippen LogP contribution is -2.16. The zero-order valence-electron chi connectivity index (χ0n) is 11.2. The quantitative estimate of drug-likeness (QED) is 0.592. The van der Waals surface area contributed by atoms with E-state index in [0.717, 1.165) is 18.5 Å². The van der Waals surface area contributed by atoms with E-state index in [-0.39, 0.29) is 5.78 Å². The largest absolute Gasteiger partial charge is 0.354 e. The van der Waals surface area contributed by atoms with Crippen molar-refractivity contribution >= 4 is 5.78 Å². The van der Waals surface area contributed by atoms with Crippen LogP contribution in [0.4, 0.5) is 0 Å². The van der Waals surface area contributed by atoms with Gasteiger partial charge in [-0.3, -0.25) is 4.79 Å². The highest BCUT2D eigenvalue weighted by atomic mass is 16.1. The van der Waals surface area contributed by atoms with Crippen molar-refractivity contribution < 1.29 is 4.79 Å². The number of Topliss-reactive ketones (excluding diaryl/α,β-unsaturated/α-hetero) is 1. The van der Waals surface area contributed by atoms with Crippen molar-refractivity contribution in [2.24, 2.45) is 0 Å². The monoisotopic (exact) mass is 235 g/mol. The van der Waals surface area contributed by atoms with Crippen molar-refractivity contribution in [2.45, 2.75) is 58.8 Å². The summed E-state index contributed by atoms with van der Waals surface area (Å²) in [6, 6.07) is 0. The zero-order valence-corrected chi connectivity index (χ0v) is 11.2. The molecule has 0 saturated heterocycles. The fourth-order valence-electron chi connectivity index (χ4n) is 2.06. The van der Waals surface area contributed by atoms with Crippen LogP contribution in [-0.4, -0.2) is 17.2 Å². The second-order valence-electron chi connectivity index (χ2n) is 4.81. The molecule has 17 heavy (non-hydrogen) atoms. The highest BCUT2D eigenvalue weighted by Gasteiger charge is 2.08. The molecule has 0 amide bonds. The lowest BCUT2D eigenvalue weighted by atomic mass is 10.1. The Labute approximate surface area is 105 Å². The number of hydrogen-bond acceptors (Lipinski definition) is 2. The number of allylic oxidation sites excluding steroid dienone is 2. The van der Waals surface area contributed by atoms with Crippen LogP contribution >= 0.6 is 0 Å². The van der Waals surface area contributed by atoms with Crippen LogP contribution in [0.2, 0.25) is 0 Å². The molecule has 0 unspecified atom stereocenters. The molecule has 0 aromatic heterocycles. The summed E-state index contributed by atoms with van der Waals surface area (Å²) >= 11 is 0. The minimum absolute atomic E-state index is 0.197. The molecule has 2 heteroatoms. The van der Waals surface area contributed by atoms with Gasteiger partial charge >= 0.3 is 0 Å². The van der Waals surface area contributed by atoms with Crippen molar-refractivity contribution in [1.82, 2.24) is 4.90 Å². The summed E-state index contributed by atoms with van der Waals surface area (Å²) < 4.78 is 0. The normalized spacial score (nSPS) is 14.9. The van der Waals surface area contributed by atoms with Gasteiger partial charge in [-0.05, 0) is 26.0 Å². The highest BCUT2D eigenvalue weighted by molar-refractivity contribution is 5.93. The van der Waals surface area contributed by atoms with E-state index in [1.165, 1.54) is 38.5 Å². The first-order chi connectivity index (χ1) is 8.24.